The van der Waals surface area contributed by atoms with Crippen LogP contribution >= 0.6 is 0 Å². The average molecular weight is 299 g/mol. The molecule has 1 saturated heterocycles. The van der Waals surface area contributed by atoms with Gasteiger partial charge in [0.2, 0.25) is 5.91 Å². The van der Waals surface area contributed by atoms with Crippen LogP contribution < -0.4 is 0 Å². The summed E-state index contributed by atoms with van der Waals surface area (Å²) in [6.07, 6.45) is 6.06. The summed E-state index contributed by atoms with van der Waals surface area (Å²) in [5.74, 6) is 1.24. The van der Waals surface area contributed by atoms with Crippen LogP contribution in [0.1, 0.15) is 43.6 Å². The van der Waals surface area contributed by atoms with E-state index >= 15 is 0 Å². The zero-order valence-electron chi connectivity index (χ0n) is 12.9. The molecule has 1 fully saturated rings. The van der Waals surface area contributed by atoms with Crippen LogP contribution in [0.4, 0.5) is 0 Å². The third-order valence-corrected chi connectivity index (χ3v) is 4.03. The number of amides is 1. The second kappa shape index (κ2) is 6.68. The molecule has 3 heterocycles. The van der Waals surface area contributed by atoms with Gasteiger partial charge in [-0.2, -0.15) is 5.10 Å². The molecule has 0 aliphatic carbocycles. The number of aryl methyl sites for hydroxylation is 1. The third kappa shape index (κ3) is 3.16. The predicted octanol–water partition coefficient (Wildman–Crippen LogP) is 1.99. The monoisotopic (exact) mass is 299 g/mol. The minimum absolute atomic E-state index is 0.135. The molecule has 2 aromatic heterocycles. The van der Waals surface area contributed by atoms with Gasteiger partial charge in [0.05, 0.1) is 12.2 Å². The first kappa shape index (κ1) is 14.7. The minimum Gasteiger partial charge on any atom is -0.336 e. The Kier molecular flexibility index (Phi) is 4.46. The molecule has 1 aliphatic rings. The Hall–Kier alpha value is -2.24. The van der Waals surface area contributed by atoms with Gasteiger partial charge in [-0.05, 0) is 18.6 Å². The van der Waals surface area contributed by atoms with E-state index in [0.717, 1.165) is 30.9 Å². The minimum atomic E-state index is 0.135. The molecule has 0 saturated carbocycles. The van der Waals surface area contributed by atoms with Crippen LogP contribution in [-0.4, -0.2) is 37.1 Å². The molecule has 1 atom stereocenters. The number of likely N-dealkylation sites (tertiary alicyclic amines) is 1. The van der Waals surface area contributed by atoms with Crippen molar-refractivity contribution in [1.82, 2.24) is 24.6 Å². The highest BCUT2D eigenvalue weighted by molar-refractivity contribution is 5.79. The van der Waals surface area contributed by atoms with Crippen LogP contribution in [0, 0.1) is 0 Å². The molecule has 6 nitrogen and oxygen atoms in total. The van der Waals surface area contributed by atoms with E-state index in [1.807, 2.05) is 27.8 Å². The van der Waals surface area contributed by atoms with Crippen LogP contribution in [0.5, 0.6) is 0 Å². The summed E-state index contributed by atoms with van der Waals surface area (Å²) in [7, 11) is 0. The summed E-state index contributed by atoms with van der Waals surface area (Å²) in [5.41, 5.74) is 0.920. The van der Waals surface area contributed by atoms with Crippen molar-refractivity contribution in [2.24, 2.45) is 0 Å². The fraction of sp³-hybridized carbons (Fsp3) is 0.500. The van der Waals surface area contributed by atoms with E-state index in [1.54, 1.807) is 12.5 Å². The molecule has 1 amide bonds. The number of carbonyl (C=O) groups excluding carboxylic acids is 1. The molecule has 22 heavy (non-hydrogen) atoms. The van der Waals surface area contributed by atoms with Crippen molar-refractivity contribution < 1.29 is 4.79 Å². The maximum atomic E-state index is 12.3. The Labute approximate surface area is 130 Å². The molecule has 0 bridgehead atoms. The zero-order valence-corrected chi connectivity index (χ0v) is 12.9. The lowest BCUT2D eigenvalue weighted by Gasteiger charge is -2.16. The van der Waals surface area contributed by atoms with Crippen molar-refractivity contribution >= 4 is 5.91 Å². The van der Waals surface area contributed by atoms with Gasteiger partial charge in [-0.3, -0.25) is 9.78 Å². The van der Waals surface area contributed by atoms with Crippen molar-refractivity contribution in [3.8, 4) is 0 Å². The zero-order chi connectivity index (χ0) is 15.4. The molecule has 0 radical (unpaired) electrons. The van der Waals surface area contributed by atoms with Crippen molar-refractivity contribution in [3.05, 3.63) is 42.2 Å². The normalized spacial score (nSPS) is 18.1. The fourth-order valence-electron chi connectivity index (χ4n) is 2.85. The standard InChI is InChI=1S/C16H21N5O/c1-2-3-8-21-16(18-12-19-21)13-9-15(22)20(10-13)11-14-6-4-5-7-17-14/h4-7,12-13H,2-3,8-11H2,1H3. The summed E-state index contributed by atoms with van der Waals surface area (Å²) in [5, 5.41) is 4.30. The Morgan fingerprint density at radius 3 is 3.00 bits per heavy atom. The Bertz CT molecular complexity index is 624. The number of aromatic nitrogens is 4. The fourth-order valence-corrected chi connectivity index (χ4v) is 2.85. The first-order valence-electron chi connectivity index (χ1n) is 7.83. The molecule has 1 aliphatic heterocycles. The maximum absolute atomic E-state index is 12.3. The van der Waals surface area contributed by atoms with Crippen LogP contribution in [0.15, 0.2) is 30.7 Å². The number of carbonyl (C=O) groups is 1. The lowest BCUT2D eigenvalue weighted by atomic mass is 10.1. The number of pyridine rings is 1. The van der Waals surface area contributed by atoms with Crippen LogP contribution in [0.2, 0.25) is 0 Å². The highest BCUT2D eigenvalue weighted by Crippen LogP contribution is 2.27. The van der Waals surface area contributed by atoms with Crippen molar-refractivity contribution in [2.75, 3.05) is 6.54 Å². The number of hydrogen-bond acceptors (Lipinski definition) is 4. The van der Waals surface area contributed by atoms with Gasteiger partial charge in [0.25, 0.3) is 0 Å². The van der Waals surface area contributed by atoms with Gasteiger partial charge in [-0.15, -0.1) is 0 Å². The predicted molar refractivity (Wildman–Crippen MR) is 81.9 cm³/mol. The van der Waals surface area contributed by atoms with E-state index in [1.165, 1.54) is 0 Å². The van der Waals surface area contributed by atoms with E-state index in [0.29, 0.717) is 19.5 Å². The first-order chi connectivity index (χ1) is 10.8. The lowest BCUT2D eigenvalue weighted by molar-refractivity contribution is -0.128. The Morgan fingerprint density at radius 1 is 1.32 bits per heavy atom. The van der Waals surface area contributed by atoms with Gasteiger partial charge in [0.15, 0.2) is 0 Å². The molecule has 0 N–H and O–H groups in total. The molecule has 116 valence electrons. The molecular weight excluding hydrogens is 278 g/mol. The lowest BCUT2D eigenvalue weighted by Crippen LogP contribution is -2.25. The Morgan fingerprint density at radius 2 is 2.23 bits per heavy atom. The SMILES string of the molecule is CCCCn1ncnc1C1CC(=O)N(Cc2ccccn2)C1. The number of nitrogens with zero attached hydrogens (tertiary/aromatic N) is 5. The maximum Gasteiger partial charge on any atom is 0.223 e. The first-order valence-corrected chi connectivity index (χ1v) is 7.83. The van der Waals surface area contributed by atoms with Crippen molar-refractivity contribution in [2.45, 2.75) is 45.2 Å². The quantitative estimate of drug-likeness (QED) is 0.818. The molecule has 1 unspecified atom stereocenters. The highest BCUT2D eigenvalue weighted by Gasteiger charge is 2.33. The van der Waals surface area contributed by atoms with Crippen LogP contribution in [0.25, 0.3) is 0 Å². The summed E-state index contributed by atoms with van der Waals surface area (Å²) in [6.45, 7) is 4.29. The smallest absolute Gasteiger partial charge is 0.223 e. The molecular formula is C16H21N5O. The van der Waals surface area contributed by atoms with Gasteiger partial charge in [-0.25, -0.2) is 9.67 Å². The number of rotatable bonds is 6. The highest BCUT2D eigenvalue weighted by atomic mass is 16.2. The van der Waals surface area contributed by atoms with Crippen LogP contribution in [0.3, 0.4) is 0 Å². The van der Waals surface area contributed by atoms with Crippen molar-refractivity contribution in [3.63, 3.8) is 0 Å². The summed E-state index contributed by atoms with van der Waals surface area (Å²) >= 11 is 0. The molecule has 0 spiro atoms. The van der Waals surface area contributed by atoms with Crippen LogP contribution in [-0.2, 0) is 17.9 Å². The van der Waals surface area contributed by atoms with Gasteiger partial charge in [0, 0.05) is 31.6 Å². The van der Waals surface area contributed by atoms with E-state index < -0.39 is 0 Å². The second-order valence-electron chi connectivity index (χ2n) is 5.69. The molecule has 0 aromatic carbocycles. The van der Waals surface area contributed by atoms with Gasteiger partial charge in [-0.1, -0.05) is 19.4 Å². The summed E-state index contributed by atoms with van der Waals surface area (Å²) in [6, 6.07) is 5.78. The van der Waals surface area contributed by atoms with Gasteiger partial charge in [0.1, 0.15) is 12.2 Å². The molecule has 6 heteroatoms. The Balaban J connectivity index is 1.68. The van der Waals surface area contributed by atoms with Gasteiger partial charge < -0.3 is 4.90 Å². The second-order valence-corrected chi connectivity index (χ2v) is 5.69. The largest absolute Gasteiger partial charge is 0.336 e. The van der Waals surface area contributed by atoms with E-state index in [2.05, 4.69) is 22.0 Å². The van der Waals surface area contributed by atoms with Crippen molar-refractivity contribution in [1.29, 1.82) is 0 Å². The average Bonchev–Trinajstić information content (AvgIpc) is 3.13. The number of unbranched alkanes of at least 4 members (excludes halogenated alkanes) is 1. The number of hydrogen-bond donors (Lipinski definition) is 0. The van der Waals surface area contributed by atoms with Gasteiger partial charge >= 0.3 is 0 Å². The summed E-state index contributed by atoms with van der Waals surface area (Å²) < 4.78 is 1.95. The molecule has 2 aromatic rings. The van der Waals surface area contributed by atoms with E-state index in [4.69, 9.17) is 0 Å². The topological polar surface area (TPSA) is 63.9 Å². The third-order valence-electron chi connectivity index (χ3n) is 4.03. The molecule has 3 rings (SSSR count). The summed E-state index contributed by atoms with van der Waals surface area (Å²) in [4.78, 5) is 22.8. The van der Waals surface area contributed by atoms with E-state index in [9.17, 15) is 4.79 Å². The van der Waals surface area contributed by atoms with E-state index in [-0.39, 0.29) is 11.8 Å².